The molecule has 0 bridgehead atoms. The number of amides is 1. The van der Waals surface area contributed by atoms with Crippen LogP contribution in [-0.2, 0) is 0 Å². The van der Waals surface area contributed by atoms with Crippen molar-refractivity contribution in [2.45, 2.75) is 12.8 Å². The number of H-pyrrole nitrogens is 1. The molecule has 2 aromatic carbocycles. The van der Waals surface area contributed by atoms with Crippen LogP contribution in [0.5, 0.6) is 11.5 Å². The summed E-state index contributed by atoms with van der Waals surface area (Å²) in [6.45, 7) is 0.635. The van der Waals surface area contributed by atoms with E-state index in [9.17, 15) is 4.79 Å². The Balaban J connectivity index is 1.54. The Hall–Kier alpha value is -4.27. The molecule has 0 atom stereocenters. The van der Waals surface area contributed by atoms with Gasteiger partial charge in [0, 0.05) is 29.7 Å². The smallest absolute Gasteiger partial charge is 0.264 e. The van der Waals surface area contributed by atoms with Gasteiger partial charge < -0.3 is 9.47 Å². The van der Waals surface area contributed by atoms with Gasteiger partial charge in [0.2, 0.25) is 5.82 Å². The fraction of sp³-hybridized carbons (Fsp3) is 0.208. The van der Waals surface area contributed by atoms with Gasteiger partial charge >= 0.3 is 0 Å². The molecule has 2 heterocycles. The van der Waals surface area contributed by atoms with E-state index >= 15 is 0 Å². The molecule has 9 heteroatoms. The summed E-state index contributed by atoms with van der Waals surface area (Å²) in [5.41, 5.74) is 2.58. The third kappa shape index (κ3) is 4.52. The maximum absolute atomic E-state index is 13.6. The molecule has 166 valence electrons. The molecule has 1 saturated carbocycles. The van der Waals surface area contributed by atoms with Crippen molar-refractivity contribution in [2.75, 3.05) is 18.6 Å². The summed E-state index contributed by atoms with van der Waals surface area (Å²) in [4.78, 5) is 19.3. The highest BCUT2D eigenvalue weighted by Gasteiger charge is 2.25. The SMILES string of the molecule is COc1ccc(N(C(=O)c2cccnc2)c2ccc(-c3nn[nH]n3)cc2)cc1OCC1CC1. The van der Waals surface area contributed by atoms with E-state index in [0.717, 1.165) is 5.56 Å². The van der Waals surface area contributed by atoms with Crippen LogP contribution >= 0.6 is 0 Å². The number of pyridine rings is 1. The number of hydrogen-bond acceptors (Lipinski definition) is 7. The van der Waals surface area contributed by atoms with Crippen molar-refractivity contribution in [1.82, 2.24) is 25.6 Å². The maximum Gasteiger partial charge on any atom is 0.264 e. The van der Waals surface area contributed by atoms with Crippen molar-refractivity contribution in [1.29, 1.82) is 0 Å². The van der Waals surface area contributed by atoms with Crippen LogP contribution in [0.3, 0.4) is 0 Å². The first kappa shape index (κ1) is 20.6. The largest absolute Gasteiger partial charge is 0.493 e. The fourth-order valence-corrected chi connectivity index (χ4v) is 3.46. The highest BCUT2D eigenvalue weighted by molar-refractivity contribution is 6.11. The van der Waals surface area contributed by atoms with Crippen LogP contribution in [0.15, 0.2) is 67.0 Å². The van der Waals surface area contributed by atoms with Crippen LogP contribution in [0.4, 0.5) is 11.4 Å². The Kier molecular flexibility index (Phi) is 5.67. The minimum absolute atomic E-state index is 0.214. The first-order chi connectivity index (χ1) is 16.2. The van der Waals surface area contributed by atoms with Crippen LogP contribution < -0.4 is 14.4 Å². The molecule has 0 unspecified atom stereocenters. The molecule has 1 amide bonds. The van der Waals surface area contributed by atoms with Gasteiger partial charge in [0.25, 0.3) is 5.91 Å². The molecule has 1 aliphatic carbocycles. The van der Waals surface area contributed by atoms with Crippen LogP contribution in [0.25, 0.3) is 11.4 Å². The molecule has 2 aromatic heterocycles. The molecule has 33 heavy (non-hydrogen) atoms. The number of carbonyl (C=O) groups excluding carboxylic acids is 1. The molecule has 0 spiro atoms. The fourth-order valence-electron chi connectivity index (χ4n) is 3.46. The van der Waals surface area contributed by atoms with Crippen molar-refractivity contribution >= 4 is 17.3 Å². The molecule has 0 saturated heterocycles. The van der Waals surface area contributed by atoms with Gasteiger partial charge in [-0.25, -0.2) is 0 Å². The number of benzene rings is 2. The molecular weight excluding hydrogens is 420 g/mol. The van der Waals surface area contributed by atoms with Gasteiger partial charge in [-0.15, -0.1) is 10.2 Å². The van der Waals surface area contributed by atoms with Crippen LogP contribution in [0, 0.1) is 5.92 Å². The number of nitrogens with one attached hydrogen (secondary N) is 1. The van der Waals surface area contributed by atoms with E-state index in [2.05, 4.69) is 25.6 Å². The number of rotatable bonds is 8. The van der Waals surface area contributed by atoms with E-state index in [1.807, 2.05) is 42.5 Å². The standard InChI is InChI=1S/C24H22N6O3/c1-32-21-11-10-20(13-22(21)33-15-16-4-5-16)30(24(31)18-3-2-12-25-14-18)19-8-6-17(7-9-19)23-26-28-29-27-23/h2-3,6-14,16H,4-5,15H2,1H3,(H,26,27,28,29). The third-order valence-corrected chi connectivity index (χ3v) is 5.42. The summed E-state index contributed by atoms with van der Waals surface area (Å²) in [6.07, 6.45) is 5.55. The van der Waals surface area contributed by atoms with E-state index in [4.69, 9.17) is 9.47 Å². The first-order valence-electron chi connectivity index (χ1n) is 10.6. The normalized spacial score (nSPS) is 12.9. The number of hydrogen-bond donors (Lipinski definition) is 1. The molecule has 9 nitrogen and oxygen atoms in total. The maximum atomic E-state index is 13.6. The number of aromatic amines is 1. The Morgan fingerprint density at radius 3 is 2.58 bits per heavy atom. The third-order valence-electron chi connectivity index (χ3n) is 5.42. The Labute approximate surface area is 190 Å². The molecule has 0 aliphatic heterocycles. The molecule has 1 aliphatic rings. The zero-order valence-corrected chi connectivity index (χ0v) is 18.0. The zero-order valence-electron chi connectivity index (χ0n) is 18.0. The zero-order chi connectivity index (χ0) is 22.6. The molecule has 1 fully saturated rings. The minimum Gasteiger partial charge on any atom is -0.493 e. The van der Waals surface area contributed by atoms with Gasteiger partial charge in [0.05, 0.1) is 25.0 Å². The van der Waals surface area contributed by atoms with Gasteiger partial charge in [-0.3, -0.25) is 14.7 Å². The van der Waals surface area contributed by atoms with Crippen molar-refractivity contribution in [3.05, 3.63) is 72.6 Å². The average molecular weight is 442 g/mol. The lowest BCUT2D eigenvalue weighted by Crippen LogP contribution is -2.26. The molecule has 1 N–H and O–H groups in total. The highest BCUT2D eigenvalue weighted by Crippen LogP contribution is 2.38. The summed E-state index contributed by atoms with van der Waals surface area (Å²) in [6, 6.07) is 16.3. The summed E-state index contributed by atoms with van der Waals surface area (Å²) in [7, 11) is 1.61. The second-order valence-corrected chi connectivity index (χ2v) is 7.75. The number of carbonyl (C=O) groups is 1. The Morgan fingerprint density at radius 1 is 1.09 bits per heavy atom. The number of tetrazole rings is 1. The van der Waals surface area contributed by atoms with Crippen molar-refractivity contribution in [2.24, 2.45) is 5.92 Å². The van der Waals surface area contributed by atoms with Crippen LogP contribution in [0.1, 0.15) is 23.2 Å². The predicted octanol–water partition coefficient (Wildman–Crippen LogP) is 4.04. The second kappa shape index (κ2) is 9.07. The number of ether oxygens (including phenoxy) is 2. The highest BCUT2D eigenvalue weighted by atomic mass is 16.5. The summed E-state index contributed by atoms with van der Waals surface area (Å²) in [5.74, 6) is 2.08. The van der Waals surface area contributed by atoms with Crippen molar-refractivity contribution in [3.8, 4) is 22.9 Å². The Morgan fingerprint density at radius 2 is 1.91 bits per heavy atom. The van der Waals surface area contributed by atoms with E-state index in [0.29, 0.717) is 46.8 Å². The lowest BCUT2D eigenvalue weighted by atomic mass is 10.1. The molecular formula is C24H22N6O3. The van der Waals surface area contributed by atoms with Crippen LogP contribution in [-0.4, -0.2) is 45.2 Å². The van der Waals surface area contributed by atoms with Gasteiger partial charge in [-0.2, -0.15) is 5.21 Å². The number of nitrogens with zero attached hydrogens (tertiary/aromatic N) is 5. The quantitative estimate of drug-likeness (QED) is 0.439. The Bertz CT molecular complexity index is 1230. The second-order valence-electron chi connectivity index (χ2n) is 7.75. The minimum atomic E-state index is -0.214. The molecule has 5 rings (SSSR count). The van der Waals surface area contributed by atoms with Gasteiger partial charge in [0.15, 0.2) is 11.5 Å². The van der Waals surface area contributed by atoms with Crippen molar-refractivity contribution in [3.63, 3.8) is 0 Å². The number of methoxy groups -OCH3 is 1. The number of aromatic nitrogens is 5. The summed E-state index contributed by atoms with van der Waals surface area (Å²) in [5, 5.41) is 14.1. The molecule has 0 radical (unpaired) electrons. The first-order valence-corrected chi connectivity index (χ1v) is 10.6. The van der Waals surface area contributed by atoms with Gasteiger partial charge in [-0.05, 0) is 72.5 Å². The van der Waals surface area contributed by atoms with E-state index in [1.165, 1.54) is 12.8 Å². The predicted molar refractivity (Wildman–Crippen MR) is 122 cm³/mol. The summed E-state index contributed by atoms with van der Waals surface area (Å²) < 4.78 is 11.5. The topological polar surface area (TPSA) is 106 Å². The average Bonchev–Trinajstić information content (AvgIpc) is 3.54. The van der Waals surface area contributed by atoms with Gasteiger partial charge in [0.1, 0.15) is 0 Å². The van der Waals surface area contributed by atoms with Crippen molar-refractivity contribution < 1.29 is 14.3 Å². The lowest BCUT2D eigenvalue weighted by molar-refractivity contribution is 0.0999. The summed E-state index contributed by atoms with van der Waals surface area (Å²) >= 11 is 0. The van der Waals surface area contributed by atoms with Crippen LogP contribution in [0.2, 0.25) is 0 Å². The lowest BCUT2D eigenvalue weighted by Gasteiger charge is -2.24. The van der Waals surface area contributed by atoms with E-state index < -0.39 is 0 Å². The van der Waals surface area contributed by atoms with E-state index in [-0.39, 0.29) is 5.91 Å². The van der Waals surface area contributed by atoms with E-state index in [1.54, 1.807) is 36.5 Å². The monoisotopic (exact) mass is 442 g/mol. The molecule has 4 aromatic rings. The number of anilines is 2. The van der Waals surface area contributed by atoms with Gasteiger partial charge in [-0.1, -0.05) is 0 Å².